The molecule has 0 aliphatic heterocycles. The van der Waals surface area contributed by atoms with Crippen molar-refractivity contribution in [3.63, 3.8) is 0 Å². The Kier molecular flexibility index (Phi) is 2.69. The first-order chi connectivity index (χ1) is 6.70. The molecule has 1 unspecified atom stereocenters. The number of rotatable bonds is 1. The SMILES string of the molecule is N[C]1([Pd+2])CC=CC=C1c1ccccc1. The molecule has 14 heavy (non-hydrogen) atoms. The Morgan fingerprint density at radius 2 is 1.93 bits per heavy atom. The molecule has 1 atom stereocenters. The zero-order valence-electron chi connectivity index (χ0n) is 7.72. The van der Waals surface area contributed by atoms with Crippen molar-refractivity contribution in [2.75, 3.05) is 0 Å². The Morgan fingerprint density at radius 3 is 2.57 bits per heavy atom. The van der Waals surface area contributed by atoms with Crippen LogP contribution in [0.1, 0.15) is 12.0 Å². The summed E-state index contributed by atoms with van der Waals surface area (Å²) in [6.07, 6.45) is 7.05. The van der Waals surface area contributed by atoms with Crippen LogP contribution in [-0.2, 0) is 19.2 Å². The fourth-order valence-electron chi connectivity index (χ4n) is 1.58. The third-order valence-electron chi connectivity index (χ3n) is 2.32. The summed E-state index contributed by atoms with van der Waals surface area (Å²) in [5, 5.41) is 0. The Bertz CT molecular complexity index is 377. The quantitative estimate of drug-likeness (QED) is 0.782. The summed E-state index contributed by atoms with van der Waals surface area (Å²) in [7, 11) is 0. The van der Waals surface area contributed by atoms with Crippen molar-refractivity contribution in [3.8, 4) is 0 Å². The van der Waals surface area contributed by atoms with Gasteiger partial charge in [-0.1, -0.05) is 0 Å². The number of nitrogens with two attached hydrogens (primary N) is 1. The van der Waals surface area contributed by atoms with Crippen LogP contribution in [0.15, 0.2) is 48.6 Å². The molecule has 2 heteroatoms. The van der Waals surface area contributed by atoms with Gasteiger partial charge in [-0.2, -0.15) is 0 Å². The van der Waals surface area contributed by atoms with E-state index in [-0.39, 0.29) is 4.01 Å². The van der Waals surface area contributed by atoms with E-state index in [0.29, 0.717) is 0 Å². The van der Waals surface area contributed by atoms with Crippen molar-refractivity contribution >= 4 is 5.57 Å². The normalized spacial score (nSPS) is 26.0. The van der Waals surface area contributed by atoms with Gasteiger partial charge in [0.15, 0.2) is 0 Å². The first-order valence-electron chi connectivity index (χ1n) is 4.57. The summed E-state index contributed by atoms with van der Waals surface area (Å²) in [6, 6.07) is 10.2. The molecule has 0 aromatic heterocycles. The van der Waals surface area contributed by atoms with Gasteiger partial charge in [0, 0.05) is 0 Å². The maximum absolute atomic E-state index is 6.17. The maximum atomic E-state index is 6.17. The topological polar surface area (TPSA) is 26.0 Å². The van der Waals surface area contributed by atoms with Crippen LogP contribution in [-0.4, -0.2) is 4.01 Å². The van der Waals surface area contributed by atoms with Gasteiger partial charge >= 0.3 is 95.1 Å². The van der Waals surface area contributed by atoms with Gasteiger partial charge in [-0.15, -0.1) is 0 Å². The zero-order valence-corrected chi connectivity index (χ0v) is 9.27. The molecule has 2 rings (SSSR count). The summed E-state index contributed by atoms with van der Waals surface area (Å²) in [6.45, 7) is 0. The molecule has 0 saturated carbocycles. The van der Waals surface area contributed by atoms with Crippen LogP contribution >= 0.6 is 0 Å². The van der Waals surface area contributed by atoms with Gasteiger partial charge in [0.05, 0.1) is 0 Å². The monoisotopic (exact) mass is 276 g/mol. The minimum absolute atomic E-state index is 0.376. The first-order valence-corrected chi connectivity index (χ1v) is 5.35. The molecule has 2 N–H and O–H groups in total. The number of allylic oxidation sites excluding steroid dienone is 2. The van der Waals surface area contributed by atoms with E-state index in [1.54, 1.807) is 0 Å². The third kappa shape index (κ3) is 1.88. The molecule has 0 radical (unpaired) electrons. The first kappa shape index (κ1) is 9.86. The predicted octanol–water partition coefficient (Wildman–Crippen LogP) is 2.23. The molecule has 1 aliphatic rings. The van der Waals surface area contributed by atoms with Crippen LogP contribution in [0.2, 0.25) is 0 Å². The van der Waals surface area contributed by atoms with Gasteiger partial charge in [0.25, 0.3) is 0 Å². The second-order valence-electron chi connectivity index (χ2n) is 3.39. The van der Waals surface area contributed by atoms with Gasteiger partial charge in [0.2, 0.25) is 0 Å². The van der Waals surface area contributed by atoms with E-state index in [1.165, 1.54) is 5.56 Å². The van der Waals surface area contributed by atoms with Crippen LogP contribution in [0, 0.1) is 0 Å². The summed E-state index contributed by atoms with van der Waals surface area (Å²) in [4.78, 5) is 0. The van der Waals surface area contributed by atoms with Gasteiger partial charge in [0.1, 0.15) is 0 Å². The number of hydrogen-bond acceptors (Lipinski definition) is 1. The Hall–Kier alpha value is -0.678. The molecule has 1 aromatic rings. The van der Waals surface area contributed by atoms with Crippen molar-refractivity contribution in [3.05, 3.63) is 54.1 Å². The summed E-state index contributed by atoms with van der Waals surface area (Å²) in [5.41, 5.74) is 8.51. The van der Waals surface area contributed by atoms with Crippen LogP contribution in [0.3, 0.4) is 0 Å². The van der Waals surface area contributed by atoms with E-state index in [4.69, 9.17) is 5.73 Å². The van der Waals surface area contributed by atoms with E-state index in [1.807, 2.05) is 18.2 Å². The molecule has 73 valence electrons. The van der Waals surface area contributed by atoms with Crippen LogP contribution in [0.5, 0.6) is 0 Å². The van der Waals surface area contributed by atoms with Gasteiger partial charge in [-0.3, -0.25) is 0 Å². The second kappa shape index (κ2) is 3.82. The van der Waals surface area contributed by atoms with Crippen LogP contribution in [0.25, 0.3) is 5.57 Å². The van der Waals surface area contributed by atoms with E-state index in [9.17, 15) is 0 Å². The van der Waals surface area contributed by atoms with Crippen LogP contribution < -0.4 is 5.73 Å². The molecule has 0 saturated heterocycles. The molecule has 1 aliphatic carbocycles. The second-order valence-corrected chi connectivity index (χ2v) is 4.77. The fraction of sp³-hybridized carbons (Fsp3) is 0.167. The van der Waals surface area contributed by atoms with Crippen molar-refractivity contribution in [1.82, 2.24) is 0 Å². The zero-order chi connectivity index (χ0) is 10.0. The minimum atomic E-state index is -0.376. The molecular weight excluding hydrogens is 265 g/mol. The predicted molar refractivity (Wildman–Crippen MR) is 55.1 cm³/mol. The summed E-state index contributed by atoms with van der Waals surface area (Å²) in [5.74, 6) is 0. The van der Waals surface area contributed by atoms with Gasteiger partial charge < -0.3 is 0 Å². The Labute approximate surface area is 95.1 Å². The van der Waals surface area contributed by atoms with Crippen molar-refractivity contribution < 1.29 is 19.2 Å². The van der Waals surface area contributed by atoms with Gasteiger partial charge in [-0.25, -0.2) is 0 Å². The van der Waals surface area contributed by atoms with E-state index in [0.717, 1.165) is 12.0 Å². The van der Waals surface area contributed by atoms with E-state index < -0.39 is 0 Å². The van der Waals surface area contributed by atoms with E-state index >= 15 is 0 Å². The van der Waals surface area contributed by atoms with Crippen molar-refractivity contribution in [2.45, 2.75) is 10.4 Å². The molecule has 1 nitrogen and oxygen atoms in total. The molecule has 0 spiro atoms. The average Bonchev–Trinajstić information content (AvgIpc) is 2.18. The summed E-state index contributed by atoms with van der Waals surface area (Å²) < 4.78 is -0.376. The Balaban J connectivity index is 2.43. The number of hydrogen-bond donors (Lipinski definition) is 1. The third-order valence-corrected chi connectivity index (χ3v) is 3.05. The molecule has 1 aromatic carbocycles. The standard InChI is InChI=1S/C12H12N.Pd/c13-12-9-5-4-8-11(12)10-6-2-1-3-7-10;/h1-8H,9,13H2;/q;+2. The van der Waals surface area contributed by atoms with E-state index in [2.05, 4.69) is 49.6 Å². The fourth-order valence-corrected chi connectivity index (χ4v) is 2.12. The average molecular weight is 277 g/mol. The molecule has 0 fully saturated rings. The number of benzene rings is 1. The summed E-state index contributed by atoms with van der Waals surface area (Å²) >= 11 is 3.26. The molecule has 0 bridgehead atoms. The molecular formula is C12H12NPd+2. The molecule has 0 heterocycles. The molecule has 0 amide bonds. The van der Waals surface area contributed by atoms with Crippen molar-refractivity contribution in [2.24, 2.45) is 5.73 Å². The Morgan fingerprint density at radius 1 is 1.21 bits per heavy atom. The van der Waals surface area contributed by atoms with Gasteiger partial charge in [-0.05, 0) is 0 Å². The van der Waals surface area contributed by atoms with Crippen LogP contribution in [0.4, 0.5) is 0 Å². The van der Waals surface area contributed by atoms with Crippen molar-refractivity contribution in [1.29, 1.82) is 0 Å².